The maximum atomic E-state index is 12.8. The van der Waals surface area contributed by atoms with Crippen molar-refractivity contribution in [1.29, 1.82) is 0 Å². The summed E-state index contributed by atoms with van der Waals surface area (Å²) < 4.78 is 2.14. The van der Waals surface area contributed by atoms with Crippen LogP contribution >= 0.6 is 0 Å². The number of piperidine rings is 1. The second-order valence-electron chi connectivity index (χ2n) is 7.90. The Kier molecular flexibility index (Phi) is 3.55. The molecule has 3 aliphatic rings. The lowest BCUT2D eigenvalue weighted by Gasteiger charge is -2.49. The number of hydrogen-bond donors (Lipinski definition) is 0. The predicted octanol–water partition coefficient (Wildman–Crippen LogP) is 2.47. The summed E-state index contributed by atoms with van der Waals surface area (Å²) in [5, 5.41) is 0. The molecule has 2 saturated heterocycles. The van der Waals surface area contributed by atoms with Crippen LogP contribution < -0.4 is 0 Å². The second-order valence-corrected chi connectivity index (χ2v) is 7.90. The van der Waals surface area contributed by atoms with E-state index in [1.54, 1.807) is 6.20 Å². The van der Waals surface area contributed by atoms with E-state index in [0.717, 1.165) is 24.3 Å². The number of rotatable bonds is 3. The monoisotopic (exact) mass is 339 g/mol. The molecule has 0 radical (unpaired) electrons. The van der Waals surface area contributed by atoms with Gasteiger partial charge in [0, 0.05) is 37.4 Å². The van der Waals surface area contributed by atoms with E-state index in [1.165, 1.54) is 38.6 Å². The fourth-order valence-electron chi connectivity index (χ4n) is 4.33. The van der Waals surface area contributed by atoms with E-state index in [2.05, 4.69) is 26.4 Å². The summed E-state index contributed by atoms with van der Waals surface area (Å²) in [5.41, 5.74) is 2.40. The Bertz CT molecular complexity index is 805. The zero-order valence-corrected chi connectivity index (χ0v) is 14.8. The van der Waals surface area contributed by atoms with Crippen molar-refractivity contribution in [3.63, 3.8) is 0 Å². The molecule has 2 aromatic rings. The van der Waals surface area contributed by atoms with E-state index in [0.29, 0.717) is 23.7 Å². The molecule has 2 aliphatic heterocycles. The summed E-state index contributed by atoms with van der Waals surface area (Å²) >= 11 is 0. The molecule has 2 aromatic heterocycles. The van der Waals surface area contributed by atoms with Crippen LogP contribution in [-0.2, 0) is 0 Å². The maximum absolute atomic E-state index is 12.8. The third kappa shape index (κ3) is 2.63. The van der Waals surface area contributed by atoms with Gasteiger partial charge in [0.25, 0.3) is 5.91 Å². The molecule has 1 atom stereocenters. The number of amides is 1. The quantitative estimate of drug-likeness (QED) is 0.862. The molecule has 25 heavy (non-hydrogen) atoms. The lowest BCUT2D eigenvalue weighted by molar-refractivity contribution is 0.00211. The van der Waals surface area contributed by atoms with Crippen molar-refractivity contribution in [3.05, 3.63) is 24.2 Å². The lowest BCUT2D eigenvalue weighted by Crippen LogP contribution is -2.63. The first-order valence-corrected chi connectivity index (χ1v) is 9.58. The van der Waals surface area contributed by atoms with Gasteiger partial charge in [-0.05, 0) is 45.2 Å². The predicted molar refractivity (Wildman–Crippen MR) is 95.5 cm³/mol. The number of pyridine rings is 1. The van der Waals surface area contributed by atoms with Gasteiger partial charge in [-0.1, -0.05) is 6.42 Å². The Morgan fingerprint density at radius 2 is 1.96 bits per heavy atom. The largest absolute Gasteiger partial charge is 0.335 e. The molecular weight excluding hydrogens is 314 g/mol. The number of imidazole rings is 1. The van der Waals surface area contributed by atoms with E-state index >= 15 is 0 Å². The molecule has 3 fully saturated rings. The molecule has 4 heterocycles. The molecular formula is C19H25N5O. The first-order valence-electron chi connectivity index (χ1n) is 9.58. The zero-order valence-electron chi connectivity index (χ0n) is 14.8. The molecule has 1 aliphatic carbocycles. The first-order chi connectivity index (χ1) is 12.2. The van der Waals surface area contributed by atoms with Gasteiger partial charge in [0.15, 0.2) is 5.65 Å². The third-order valence-electron chi connectivity index (χ3n) is 6.07. The molecule has 0 aromatic carbocycles. The Hall–Kier alpha value is -1.95. The molecule has 6 nitrogen and oxygen atoms in total. The summed E-state index contributed by atoms with van der Waals surface area (Å²) in [4.78, 5) is 26.3. The third-order valence-corrected chi connectivity index (χ3v) is 6.07. The Morgan fingerprint density at radius 3 is 2.72 bits per heavy atom. The molecule has 1 amide bonds. The van der Waals surface area contributed by atoms with Crippen LogP contribution in [0.5, 0.6) is 0 Å². The summed E-state index contributed by atoms with van der Waals surface area (Å²) in [5.74, 6) is 0.0938. The lowest BCUT2D eigenvalue weighted by atomic mass is 9.97. The van der Waals surface area contributed by atoms with Gasteiger partial charge in [0.2, 0.25) is 0 Å². The highest BCUT2D eigenvalue weighted by Crippen LogP contribution is 2.36. The molecule has 6 heteroatoms. The van der Waals surface area contributed by atoms with E-state index in [4.69, 9.17) is 0 Å². The van der Waals surface area contributed by atoms with E-state index in [9.17, 15) is 4.79 Å². The van der Waals surface area contributed by atoms with Gasteiger partial charge in [-0.2, -0.15) is 0 Å². The number of nitrogens with zero attached hydrogens (tertiary/aromatic N) is 5. The van der Waals surface area contributed by atoms with Gasteiger partial charge in [0.1, 0.15) is 5.52 Å². The minimum Gasteiger partial charge on any atom is -0.335 e. The summed E-state index contributed by atoms with van der Waals surface area (Å²) in [6, 6.07) is 3.65. The minimum absolute atomic E-state index is 0.0938. The van der Waals surface area contributed by atoms with Crippen molar-refractivity contribution >= 4 is 17.1 Å². The van der Waals surface area contributed by atoms with Crippen LogP contribution in [-0.4, -0.2) is 62.0 Å². The summed E-state index contributed by atoms with van der Waals surface area (Å²) in [6.45, 7) is 5.19. The van der Waals surface area contributed by atoms with Gasteiger partial charge in [-0.3, -0.25) is 9.69 Å². The Labute approximate surface area is 147 Å². The highest BCUT2D eigenvalue weighted by atomic mass is 16.2. The van der Waals surface area contributed by atoms with Crippen molar-refractivity contribution in [3.8, 4) is 0 Å². The van der Waals surface area contributed by atoms with Crippen LogP contribution in [0.1, 0.15) is 55.4 Å². The number of hydrogen-bond acceptors (Lipinski definition) is 4. The second kappa shape index (κ2) is 5.80. The van der Waals surface area contributed by atoms with Crippen LogP contribution in [0.3, 0.4) is 0 Å². The smallest absolute Gasteiger partial charge is 0.255 e. The molecule has 132 valence electrons. The van der Waals surface area contributed by atoms with Gasteiger partial charge >= 0.3 is 0 Å². The van der Waals surface area contributed by atoms with Crippen molar-refractivity contribution in [2.75, 3.05) is 19.6 Å². The van der Waals surface area contributed by atoms with Crippen molar-refractivity contribution in [2.45, 2.75) is 57.2 Å². The van der Waals surface area contributed by atoms with E-state index in [-0.39, 0.29) is 5.91 Å². The standard InChI is InChI=1S/C19H25N5O/c1-13-4-2-3-7-23(13)16-10-22(11-16)19(25)14-8-17-18(20-9-14)24(12-21-17)15-5-6-15/h8-9,12-13,15-16H,2-7,10-11H2,1H3. The SMILES string of the molecule is CC1CCCCN1C1CN(C(=O)c2cnc3c(c2)ncn3C2CC2)C1. The Balaban J connectivity index is 1.28. The summed E-state index contributed by atoms with van der Waals surface area (Å²) in [7, 11) is 0. The molecule has 5 rings (SSSR count). The molecule has 1 saturated carbocycles. The molecule has 0 bridgehead atoms. The first kappa shape index (κ1) is 15.3. The number of fused-ring (bicyclic) bond motifs is 1. The van der Waals surface area contributed by atoms with Crippen LogP contribution in [0.2, 0.25) is 0 Å². The number of likely N-dealkylation sites (tertiary alicyclic amines) is 2. The fraction of sp³-hybridized carbons (Fsp3) is 0.632. The molecule has 0 spiro atoms. The average molecular weight is 339 g/mol. The summed E-state index contributed by atoms with van der Waals surface area (Å²) in [6.07, 6.45) is 9.92. The van der Waals surface area contributed by atoms with Crippen molar-refractivity contribution in [1.82, 2.24) is 24.3 Å². The van der Waals surface area contributed by atoms with Crippen LogP contribution in [0, 0.1) is 0 Å². The normalized spacial score (nSPS) is 25.3. The number of carbonyl (C=O) groups is 1. The average Bonchev–Trinajstić information content (AvgIpc) is 3.34. The van der Waals surface area contributed by atoms with Crippen molar-refractivity contribution < 1.29 is 4.79 Å². The number of aromatic nitrogens is 3. The molecule has 1 unspecified atom stereocenters. The van der Waals surface area contributed by atoms with Gasteiger partial charge in [0.05, 0.1) is 11.9 Å². The fourth-order valence-corrected chi connectivity index (χ4v) is 4.33. The highest BCUT2D eigenvalue weighted by molar-refractivity contribution is 5.96. The molecule has 0 N–H and O–H groups in total. The zero-order chi connectivity index (χ0) is 17.0. The highest BCUT2D eigenvalue weighted by Gasteiger charge is 2.37. The van der Waals surface area contributed by atoms with E-state index < -0.39 is 0 Å². The van der Waals surface area contributed by atoms with Gasteiger partial charge in [-0.25, -0.2) is 9.97 Å². The van der Waals surface area contributed by atoms with Gasteiger partial charge in [-0.15, -0.1) is 0 Å². The maximum Gasteiger partial charge on any atom is 0.255 e. The number of carbonyl (C=O) groups excluding carboxylic acids is 1. The van der Waals surface area contributed by atoms with E-state index in [1.807, 2.05) is 17.3 Å². The van der Waals surface area contributed by atoms with Crippen molar-refractivity contribution in [2.24, 2.45) is 0 Å². The minimum atomic E-state index is 0.0938. The van der Waals surface area contributed by atoms with Gasteiger partial charge < -0.3 is 9.47 Å². The van der Waals surface area contributed by atoms with Crippen LogP contribution in [0.4, 0.5) is 0 Å². The topological polar surface area (TPSA) is 54.3 Å². The van der Waals surface area contributed by atoms with Crippen LogP contribution in [0.25, 0.3) is 11.2 Å². The Morgan fingerprint density at radius 1 is 1.12 bits per heavy atom. The van der Waals surface area contributed by atoms with Crippen LogP contribution in [0.15, 0.2) is 18.6 Å².